The zero-order valence-electron chi connectivity index (χ0n) is 16.1. The van der Waals surface area contributed by atoms with Crippen LogP contribution in [0, 0.1) is 0 Å². The van der Waals surface area contributed by atoms with Gasteiger partial charge in [-0.15, -0.1) is 0 Å². The number of benzene rings is 2. The Kier molecular flexibility index (Phi) is 5.74. The smallest absolute Gasteiger partial charge is 0.284 e. The molecule has 4 rings (SSSR count). The minimum Gasteiger partial charge on any atom is -0.451 e. The number of hydrogen-bond donors (Lipinski definition) is 2. The van der Waals surface area contributed by atoms with Crippen molar-refractivity contribution in [1.29, 1.82) is 0 Å². The maximum Gasteiger partial charge on any atom is 0.284 e. The molecule has 1 atom stereocenters. The van der Waals surface area contributed by atoms with Crippen LogP contribution in [0.1, 0.15) is 40.6 Å². The maximum atomic E-state index is 11.4. The van der Waals surface area contributed by atoms with E-state index in [9.17, 15) is 4.79 Å². The molecular formula is C23H27N3O2. The number of furan rings is 1. The van der Waals surface area contributed by atoms with Crippen LogP contribution in [0.3, 0.4) is 0 Å². The summed E-state index contributed by atoms with van der Waals surface area (Å²) in [5.74, 6) is -0.290. The lowest BCUT2D eigenvalue weighted by atomic mass is 10.0. The van der Waals surface area contributed by atoms with Crippen LogP contribution < -0.4 is 11.1 Å². The Morgan fingerprint density at radius 2 is 2.00 bits per heavy atom. The zero-order valence-corrected chi connectivity index (χ0v) is 16.1. The molecule has 0 aliphatic carbocycles. The normalized spacial score (nSPS) is 17.8. The Balaban J connectivity index is 1.36. The number of nitrogens with zero attached hydrogens (tertiary/aromatic N) is 1. The second kappa shape index (κ2) is 8.59. The zero-order chi connectivity index (χ0) is 19.3. The molecule has 1 aliphatic rings. The van der Waals surface area contributed by atoms with Gasteiger partial charge in [-0.25, -0.2) is 0 Å². The van der Waals surface area contributed by atoms with Crippen molar-refractivity contribution in [2.45, 2.75) is 25.3 Å². The van der Waals surface area contributed by atoms with Gasteiger partial charge in [0.1, 0.15) is 5.58 Å². The average Bonchev–Trinajstić information content (AvgIpc) is 3.18. The largest absolute Gasteiger partial charge is 0.451 e. The van der Waals surface area contributed by atoms with Gasteiger partial charge in [-0.3, -0.25) is 9.69 Å². The van der Waals surface area contributed by atoms with Crippen molar-refractivity contribution in [3.8, 4) is 0 Å². The molecule has 1 unspecified atom stereocenters. The van der Waals surface area contributed by atoms with Gasteiger partial charge in [0.25, 0.3) is 5.91 Å². The molecule has 0 spiro atoms. The fraction of sp³-hybridized carbons (Fsp3) is 0.348. The monoisotopic (exact) mass is 377 g/mol. The predicted molar refractivity (Wildman–Crippen MR) is 111 cm³/mol. The van der Waals surface area contributed by atoms with E-state index in [2.05, 4.69) is 46.6 Å². The standard InChI is InChI=1S/C23H27N3O2/c24-23(27)22-15-19-17(10-6-11-21(19)28-22)7-4-5-13-26-14-12-25-16-20(26)18-8-2-1-3-9-18/h1-3,6,8-11,15,20,25H,4-5,7,12-14,16H2,(H2,24,27). The van der Waals surface area contributed by atoms with Gasteiger partial charge in [-0.1, -0.05) is 42.5 Å². The molecule has 1 aliphatic heterocycles. The number of piperazine rings is 1. The summed E-state index contributed by atoms with van der Waals surface area (Å²) in [6, 6.07) is 19.0. The molecule has 0 radical (unpaired) electrons. The molecule has 5 nitrogen and oxygen atoms in total. The van der Waals surface area contributed by atoms with E-state index in [1.165, 1.54) is 11.1 Å². The lowest BCUT2D eigenvalue weighted by molar-refractivity contribution is 0.0976. The summed E-state index contributed by atoms with van der Waals surface area (Å²) in [7, 11) is 0. The lowest BCUT2D eigenvalue weighted by Crippen LogP contribution is -2.46. The summed E-state index contributed by atoms with van der Waals surface area (Å²) in [4.78, 5) is 14.0. The van der Waals surface area contributed by atoms with Crippen molar-refractivity contribution in [2.75, 3.05) is 26.2 Å². The molecule has 3 aromatic rings. The third kappa shape index (κ3) is 4.11. The summed E-state index contributed by atoms with van der Waals surface area (Å²) in [6.45, 7) is 4.23. The molecule has 3 N–H and O–H groups in total. The van der Waals surface area contributed by atoms with Gasteiger partial charge >= 0.3 is 0 Å². The van der Waals surface area contributed by atoms with Gasteiger partial charge in [0, 0.05) is 31.1 Å². The topological polar surface area (TPSA) is 71.5 Å². The van der Waals surface area contributed by atoms with Crippen molar-refractivity contribution in [2.24, 2.45) is 5.73 Å². The quantitative estimate of drug-likeness (QED) is 0.618. The summed E-state index contributed by atoms with van der Waals surface area (Å²) in [5, 5.41) is 4.52. The molecular weight excluding hydrogens is 350 g/mol. The Morgan fingerprint density at radius 1 is 1.14 bits per heavy atom. The molecule has 2 aromatic carbocycles. The average molecular weight is 377 g/mol. The molecule has 1 saturated heterocycles. The van der Waals surface area contributed by atoms with Gasteiger partial charge in [0.05, 0.1) is 0 Å². The van der Waals surface area contributed by atoms with Crippen LogP contribution in [-0.2, 0) is 6.42 Å². The molecule has 1 aromatic heterocycles. The van der Waals surface area contributed by atoms with Crippen LogP contribution >= 0.6 is 0 Å². The number of carbonyl (C=O) groups is 1. The van der Waals surface area contributed by atoms with Crippen LogP contribution in [-0.4, -0.2) is 37.0 Å². The number of unbranched alkanes of at least 4 members (excludes halogenated alkanes) is 1. The third-order valence-corrected chi connectivity index (χ3v) is 5.57. The van der Waals surface area contributed by atoms with Crippen LogP contribution in [0.25, 0.3) is 11.0 Å². The fourth-order valence-electron chi connectivity index (χ4n) is 4.11. The van der Waals surface area contributed by atoms with Gasteiger partial charge < -0.3 is 15.5 Å². The van der Waals surface area contributed by atoms with E-state index in [-0.39, 0.29) is 5.76 Å². The molecule has 5 heteroatoms. The summed E-state index contributed by atoms with van der Waals surface area (Å²) >= 11 is 0. The Bertz CT molecular complexity index is 935. The van der Waals surface area contributed by atoms with Crippen molar-refractivity contribution in [3.05, 3.63) is 71.5 Å². The van der Waals surface area contributed by atoms with Crippen molar-refractivity contribution < 1.29 is 9.21 Å². The number of hydrogen-bond acceptors (Lipinski definition) is 4. The SMILES string of the molecule is NC(=O)c1cc2c(CCCCN3CCNCC3c3ccccc3)cccc2o1. The van der Waals surface area contributed by atoms with E-state index in [1.807, 2.05) is 12.1 Å². The Labute approximate surface area is 165 Å². The van der Waals surface area contributed by atoms with E-state index < -0.39 is 5.91 Å². The second-order valence-electron chi connectivity index (χ2n) is 7.43. The van der Waals surface area contributed by atoms with Gasteiger partial charge in [0.15, 0.2) is 5.76 Å². The molecule has 28 heavy (non-hydrogen) atoms. The molecule has 2 heterocycles. The van der Waals surface area contributed by atoms with E-state index in [0.717, 1.165) is 56.4 Å². The Morgan fingerprint density at radius 3 is 2.82 bits per heavy atom. The fourth-order valence-corrected chi connectivity index (χ4v) is 4.11. The number of primary amides is 1. The molecule has 0 saturated carbocycles. The van der Waals surface area contributed by atoms with Crippen LogP contribution in [0.4, 0.5) is 0 Å². The lowest BCUT2D eigenvalue weighted by Gasteiger charge is -2.36. The van der Waals surface area contributed by atoms with Crippen molar-refractivity contribution in [3.63, 3.8) is 0 Å². The van der Waals surface area contributed by atoms with E-state index >= 15 is 0 Å². The first kappa shape index (κ1) is 18.7. The molecule has 0 bridgehead atoms. The van der Waals surface area contributed by atoms with Crippen molar-refractivity contribution >= 4 is 16.9 Å². The van der Waals surface area contributed by atoms with Gasteiger partial charge in [0.2, 0.25) is 0 Å². The molecule has 146 valence electrons. The predicted octanol–water partition coefficient (Wildman–Crippen LogP) is 3.50. The first-order valence-corrected chi connectivity index (χ1v) is 10.0. The summed E-state index contributed by atoms with van der Waals surface area (Å²) in [6.07, 6.45) is 3.21. The Hall–Kier alpha value is -2.63. The van der Waals surface area contributed by atoms with Gasteiger partial charge in [-0.2, -0.15) is 0 Å². The first-order valence-electron chi connectivity index (χ1n) is 10.0. The van der Waals surface area contributed by atoms with E-state index in [4.69, 9.17) is 10.2 Å². The number of amides is 1. The summed E-state index contributed by atoms with van der Waals surface area (Å²) in [5.41, 5.74) is 8.69. The number of nitrogens with one attached hydrogen (secondary N) is 1. The first-order chi connectivity index (χ1) is 13.7. The number of aryl methyl sites for hydroxylation is 1. The number of fused-ring (bicyclic) bond motifs is 1. The van der Waals surface area contributed by atoms with Crippen LogP contribution in [0.15, 0.2) is 59.0 Å². The second-order valence-corrected chi connectivity index (χ2v) is 7.43. The minimum absolute atomic E-state index is 0.231. The number of rotatable bonds is 7. The highest BCUT2D eigenvalue weighted by Gasteiger charge is 2.22. The highest BCUT2D eigenvalue weighted by molar-refractivity contribution is 5.95. The maximum absolute atomic E-state index is 11.4. The van der Waals surface area contributed by atoms with Crippen LogP contribution in [0.5, 0.6) is 0 Å². The van der Waals surface area contributed by atoms with Gasteiger partial charge in [-0.05, 0) is 49.1 Å². The number of carbonyl (C=O) groups excluding carboxylic acids is 1. The third-order valence-electron chi connectivity index (χ3n) is 5.57. The van der Waals surface area contributed by atoms with E-state index in [0.29, 0.717) is 6.04 Å². The van der Waals surface area contributed by atoms with Crippen molar-refractivity contribution in [1.82, 2.24) is 10.2 Å². The molecule has 1 amide bonds. The van der Waals surface area contributed by atoms with E-state index in [1.54, 1.807) is 6.07 Å². The summed E-state index contributed by atoms with van der Waals surface area (Å²) < 4.78 is 5.54. The molecule has 1 fully saturated rings. The minimum atomic E-state index is -0.521. The van der Waals surface area contributed by atoms with Crippen LogP contribution in [0.2, 0.25) is 0 Å². The highest BCUT2D eigenvalue weighted by atomic mass is 16.3. The number of nitrogens with two attached hydrogens (primary N) is 1. The highest BCUT2D eigenvalue weighted by Crippen LogP contribution is 2.25.